The van der Waals surface area contributed by atoms with Gasteiger partial charge in [-0.3, -0.25) is 0 Å². The highest BCUT2D eigenvalue weighted by Gasteiger charge is 2.04. The Morgan fingerprint density at radius 1 is 1.53 bits per heavy atom. The molecule has 0 aliphatic carbocycles. The Hall–Kier alpha value is -1.00. The van der Waals surface area contributed by atoms with Gasteiger partial charge in [0.1, 0.15) is 5.65 Å². The summed E-state index contributed by atoms with van der Waals surface area (Å²) in [5, 5.41) is 4.72. The number of hydrogen-bond donors (Lipinski definition) is 2. The van der Waals surface area contributed by atoms with Crippen molar-refractivity contribution in [1.82, 2.24) is 15.3 Å². The number of thioether (sulfide) groups is 1. The van der Waals surface area contributed by atoms with Crippen molar-refractivity contribution in [2.45, 2.75) is 13.5 Å². The number of nitrogens with one attached hydrogen (secondary N) is 2. The third-order valence-electron chi connectivity index (χ3n) is 2.80. The first-order chi connectivity index (χ1) is 8.31. The average molecular weight is 249 g/mol. The lowest BCUT2D eigenvalue weighted by Gasteiger charge is -2.10. The van der Waals surface area contributed by atoms with E-state index in [0.29, 0.717) is 5.92 Å². The first kappa shape index (κ1) is 12.5. The second-order valence-electron chi connectivity index (χ2n) is 4.40. The summed E-state index contributed by atoms with van der Waals surface area (Å²) in [7, 11) is 0. The number of fused-ring (bicyclic) bond motifs is 1. The largest absolute Gasteiger partial charge is 0.346 e. The van der Waals surface area contributed by atoms with Crippen LogP contribution in [0.25, 0.3) is 11.0 Å². The van der Waals surface area contributed by atoms with Crippen LogP contribution in [0.15, 0.2) is 24.5 Å². The molecule has 0 radical (unpaired) electrons. The van der Waals surface area contributed by atoms with Gasteiger partial charge < -0.3 is 10.3 Å². The van der Waals surface area contributed by atoms with Crippen LogP contribution >= 0.6 is 11.8 Å². The molecule has 2 aromatic rings. The molecule has 0 fully saturated rings. The predicted molar refractivity (Wildman–Crippen MR) is 75.3 cm³/mol. The van der Waals surface area contributed by atoms with Gasteiger partial charge in [-0.25, -0.2) is 4.98 Å². The molecule has 0 amide bonds. The number of pyridine rings is 1. The third-order valence-corrected chi connectivity index (χ3v) is 3.70. The molecular weight excluding hydrogens is 230 g/mol. The second kappa shape index (κ2) is 6.07. The van der Waals surface area contributed by atoms with E-state index in [1.807, 2.05) is 30.2 Å². The van der Waals surface area contributed by atoms with Crippen LogP contribution in [0.3, 0.4) is 0 Å². The van der Waals surface area contributed by atoms with E-state index in [9.17, 15) is 0 Å². The van der Waals surface area contributed by atoms with Crippen molar-refractivity contribution < 1.29 is 0 Å². The summed E-state index contributed by atoms with van der Waals surface area (Å²) in [6, 6.07) is 4.09. The van der Waals surface area contributed by atoms with E-state index in [0.717, 1.165) is 18.7 Å². The highest BCUT2D eigenvalue weighted by molar-refractivity contribution is 7.98. The number of hydrogen-bond acceptors (Lipinski definition) is 3. The van der Waals surface area contributed by atoms with Gasteiger partial charge in [-0.05, 0) is 42.2 Å². The molecule has 92 valence electrons. The molecule has 2 N–H and O–H groups in total. The fraction of sp³-hybridized carbons (Fsp3) is 0.462. The van der Waals surface area contributed by atoms with Gasteiger partial charge in [-0.1, -0.05) is 6.92 Å². The van der Waals surface area contributed by atoms with Gasteiger partial charge in [-0.2, -0.15) is 11.8 Å². The lowest BCUT2D eigenvalue weighted by atomic mass is 10.2. The molecule has 0 aromatic carbocycles. The summed E-state index contributed by atoms with van der Waals surface area (Å²) in [4.78, 5) is 7.48. The highest BCUT2D eigenvalue weighted by Crippen LogP contribution is 2.15. The normalized spacial score (nSPS) is 13.1. The van der Waals surface area contributed by atoms with Crippen LogP contribution in [-0.2, 0) is 6.54 Å². The zero-order chi connectivity index (χ0) is 12.1. The zero-order valence-electron chi connectivity index (χ0n) is 10.4. The molecule has 1 atom stereocenters. The molecule has 0 spiro atoms. The van der Waals surface area contributed by atoms with Crippen molar-refractivity contribution >= 4 is 22.8 Å². The van der Waals surface area contributed by atoms with Gasteiger partial charge in [0.25, 0.3) is 0 Å². The fourth-order valence-electron chi connectivity index (χ4n) is 1.96. The molecule has 2 aromatic heterocycles. The minimum atomic E-state index is 0.716. The average Bonchev–Trinajstić information content (AvgIpc) is 2.73. The van der Waals surface area contributed by atoms with Crippen LogP contribution in [-0.4, -0.2) is 28.5 Å². The molecule has 0 bridgehead atoms. The Morgan fingerprint density at radius 2 is 2.41 bits per heavy atom. The molecule has 4 heteroatoms. The van der Waals surface area contributed by atoms with Crippen LogP contribution in [0, 0.1) is 5.92 Å². The third kappa shape index (κ3) is 3.23. The highest BCUT2D eigenvalue weighted by atomic mass is 32.2. The number of aromatic amines is 1. The van der Waals surface area contributed by atoms with E-state index in [1.54, 1.807) is 0 Å². The van der Waals surface area contributed by atoms with Crippen molar-refractivity contribution in [3.05, 3.63) is 30.1 Å². The molecule has 3 nitrogen and oxygen atoms in total. The monoisotopic (exact) mass is 249 g/mol. The summed E-state index contributed by atoms with van der Waals surface area (Å²) >= 11 is 1.90. The van der Waals surface area contributed by atoms with Crippen molar-refractivity contribution in [3.63, 3.8) is 0 Å². The van der Waals surface area contributed by atoms with Crippen molar-refractivity contribution in [2.75, 3.05) is 18.6 Å². The number of H-pyrrole nitrogens is 1. The minimum Gasteiger partial charge on any atom is -0.346 e. The van der Waals surface area contributed by atoms with Gasteiger partial charge >= 0.3 is 0 Å². The molecule has 1 unspecified atom stereocenters. The van der Waals surface area contributed by atoms with E-state index >= 15 is 0 Å². The minimum absolute atomic E-state index is 0.716. The first-order valence-electron chi connectivity index (χ1n) is 5.92. The van der Waals surface area contributed by atoms with Crippen LogP contribution in [0.1, 0.15) is 12.5 Å². The van der Waals surface area contributed by atoms with Gasteiger partial charge in [0.05, 0.1) is 0 Å². The molecule has 2 heterocycles. The van der Waals surface area contributed by atoms with Crippen molar-refractivity contribution in [2.24, 2.45) is 5.92 Å². The van der Waals surface area contributed by atoms with E-state index in [4.69, 9.17) is 0 Å². The van der Waals surface area contributed by atoms with Gasteiger partial charge in [0.15, 0.2) is 0 Å². The first-order valence-corrected chi connectivity index (χ1v) is 7.31. The Morgan fingerprint density at radius 3 is 3.24 bits per heavy atom. The maximum atomic E-state index is 4.29. The van der Waals surface area contributed by atoms with E-state index < -0.39 is 0 Å². The maximum absolute atomic E-state index is 4.29. The van der Waals surface area contributed by atoms with E-state index in [-0.39, 0.29) is 0 Å². The lowest BCUT2D eigenvalue weighted by molar-refractivity contribution is 0.560. The molecule has 17 heavy (non-hydrogen) atoms. The fourth-order valence-corrected chi connectivity index (χ4v) is 2.64. The molecule has 0 saturated carbocycles. The Balaban J connectivity index is 1.91. The van der Waals surface area contributed by atoms with Crippen molar-refractivity contribution in [3.8, 4) is 0 Å². The smallest absolute Gasteiger partial charge is 0.137 e. The maximum Gasteiger partial charge on any atom is 0.137 e. The summed E-state index contributed by atoms with van der Waals surface area (Å²) in [6.07, 6.45) is 6.02. The summed E-state index contributed by atoms with van der Waals surface area (Å²) < 4.78 is 0. The van der Waals surface area contributed by atoms with Crippen LogP contribution < -0.4 is 5.32 Å². The summed E-state index contributed by atoms with van der Waals surface area (Å²) in [6.45, 7) is 4.25. The summed E-state index contributed by atoms with van der Waals surface area (Å²) in [5.74, 6) is 1.93. The van der Waals surface area contributed by atoms with Gasteiger partial charge in [-0.15, -0.1) is 0 Å². The lowest BCUT2D eigenvalue weighted by Crippen LogP contribution is -2.21. The molecule has 0 saturated heterocycles. The van der Waals surface area contributed by atoms with E-state index in [1.165, 1.54) is 16.7 Å². The Labute approximate surface area is 106 Å². The quantitative estimate of drug-likeness (QED) is 0.827. The summed E-state index contributed by atoms with van der Waals surface area (Å²) in [5.41, 5.74) is 2.27. The number of rotatable bonds is 6. The molecule has 0 aliphatic rings. The predicted octanol–water partition coefficient (Wildman–Crippen LogP) is 2.65. The Bertz CT molecular complexity index is 466. The van der Waals surface area contributed by atoms with Gasteiger partial charge in [0, 0.05) is 24.3 Å². The van der Waals surface area contributed by atoms with Crippen molar-refractivity contribution in [1.29, 1.82) is 0 Å². The number of nitrogens with zero attached hydrogens (tertiary/aromatic N) is 1. The van der Waals surface area contributed by atoms with Crippen LogP contribution in [0.4, 0.5) is 0 Å². The van der Waals surface area contributed by atoms with E-state index in [2.05, 4.69) is 34.5 Å². The standard InChI is InChI=1S/C13H19N3S/c1-10(9-17-2)6-14-7-11-8-16-13-12(11)4-3-5-15-13/h3-5,8,10,14H,6-7,9H2,1-2H3,(H,15,16). The second-order valence-corrected chi connectivity index (χ2v) is 5.32. The number of aromatic nitrogens is 2. The SMILES string of the molecule is CSCC(C)CNCc1c[nH]c2ncccc12. The zero-order valence-corrected chi connectivity index (χ0v) is 11.2. The van der Waals surface area contributed by atoms with Crippen LogP contribution in [0.2, 0.25) is 0 Å². The van der Waals surface area contributed by atoms with Crippen LogP contribution in [0.5, 0.6) is 0 Å². The molecule has 0 aliphatic heterocycles. The molecule has 2 rings (SSSR count). The van der Waals surface area contributed by atoms with Gasteiger partial charge in [0.2, 0.25) is 0 Å². The topological polar surface area (TPSA) is 40.7 Å². The Kier molecular flexibility index (Phi) is 4.45. The molecular formula is C13H19N3S.